The van der Waals surface area contributed by atoms with E-state index in [-0.39, 0.29) is 5.91 Å². The zero-order chi connectivity index (χ0) is 28.6. The van der Waals surface area contributed by atoms with Gasteiger partial charge in [0.05, 0.1) is 31.6 Å². The molecule has 5 rings (SSSR count). The maximum Gasteiger partial charge on any atom is 0.409 e. The average molecular weight is 558 g/mol. The third-order valence-electron chi connectivity index (χ3n) is 6.62. The molecule has 0 radical (unpaired) electrons. The molecule has 3 aromatic carbocycles. The summed E-state index contributed by atoms with van der Waals surface area (Å²) in [6, 6.07) is 19.5. The number of pyridine rings is 1. The standard InChI is InChI=1S/C30H31N5O6/c1-39-27-18-20(6-7-24(27)29(36)32-12-13-35-14-16-40-17-15-35)33-28-19-21(10-11-31-28)41-26-9-8-25(34-30(37)38)22-4-2-3-5-23(22)26/h2-11,18-19,34H,12-17H2,1H3,(H,31,33)(H,32,36)(H,37,38). The van der Waals surface area contributed by atoms with Gasteiger partial charge in [-0.2, -0.15) is 0 Å². The molecular formula is C30H31N5O6. The van der Waals surface area contributed by atoms with Crippen molar-refractivity contribution < 1.29 is 28.9 Å². The summed E-state index contributed by atoms with van der Waals surface area (Å²) in [4.78, 5) is 30.6. The number of carbonyl (C=O) groups excluding carboxylic acids is 1. The number of rotatable bonds is 10. The van der Waals surface area contributed by atoms with Gasteiger partial charge in [-0.15, -0.1) is 0 Å². The fourth-order valence-corrected chi connectivity index (χ4v) is 4.61. The fourth-order valence-electron chi connectivity index (χ4n) is 4.61. The number of ether oxygens (including phenoxy) is 3. The van der Waals surface area contributed by atoms with E-state index in [4.69, 9.17) is 19.3 Å². The number of amides is 2. The van der Waals surface area contributed by atoms with Crippen molar-refractivity contribution in [3.63, 3.8) is 0 Å². The van der Waals surface area contributed by atoms with Gasteiger partial charge in [0.1, 0.15) is 23.1 Å². The molecule has 41 heavy (non-hydrogen) atoms. The molecule has 0 atom stereocenters. The Hall–Kier alpha value is -4.87. The largest absolute Gasteiger partial charge is 0.496 e. The van der Waals surface area contributed by atoms with Crippen LogP contribution in [-0.2, 0) is 4.74 Å². The van der Waals surface area contributed by atoms with Gasteiger partial charge in [0.25, 0.3) is 5.91 Å². The molecule has 0 spiro atoms. The quantitative estimate of drug-likeness (QED) is 0.214. The van der Waals surface area contributed by atoms with Crippen LogP contribution in [0.15, 0.2) is 72.9 Å². The maximum absolute atomic E-state index is 12.8. The lowest BCUT2D eigenvalue weighted by molar-refractivity contribution is 0.0383. The predicted octanol–water partition coefficient (Wildman–Crippen LogP) is 4.93. The first kappa shape index (κ1) is 27.7. The van der Waals surface area contributed by atoms with Crippen molar-refractivity contribution in [1.29, 1.82) is 0 Å². The number of anilines is 3. The van der Waals surface area contributed by atoms with Crippen LogP contribution in [-0.4, -0.2) is 73.5 Å². The molecular weight excluding hydrogens is 526 g/mol. The number of carbonyl (C=O) groups is 2. The summed E-state index contributed by atoms with van der Waals surface area (Å²) in [6.45, 7) is 4.47. The number of methoxy groups -OCH3 is 1. The number of hydrogen-bond donors (Lipinski definition) is 4. The number of hydrogen-bond acceptors (Lipinski definition) is 8. The van der Waals surface area contributed by atoms with Gasteiger partial charge < -0.3 is 30.0 Å². The monoisotopic (exact) mass is 557 g/mol. The summed E-state index contributed by atoms with van der Waals surface area (Å²) in [7, 11) is 1.53. The van der Waals surface area contributed by atoms with Crippen molar-refractivity contribution in [2.75, 3.05) is 57.1 Å². The molecule has 0 saturated carbocycles. The second-order valence-electron chi connectivity index (χ2n) is 9.32. The van der Waals surface area contributed by atoms with Crippen molar-refractivity contribution in [3.05, 3.63) is 78.5 Å². The van der Waals surface area contributed by atoms with E-state index < -0.39 is 6.09 Å². The molecule has 0 unspecified atom stereocenters. The normalized spacial score (nSPS) is 13.4. The van der Waals surface area contributed by atoms with Crippen LogP contribution in [0.5, 0.6) is 17.2 Å². The molecule has 0 aliphatic carbocycles. The number of fused-ring (bicyclic) bond motifs is 1. The van der Waals surface area contributed by atoms with Crippen LogP contribution >= 0.6 is 0 Å². The molecule has 1 aliphatic rings. The lowest BCUT2D eigenvalue weighted by Gasteiger charge is -2.26. The molecule has 4 aromatic rings. The van der Waals surface area contributed by atoms with Gasteiger partial charge in [0.2, 0.25) is 0 Å². The first-order valence-electron chi connectivity index (χ1n) is 13.2. The summed E-state index contributed by atoms with van der Waals surface area (Å²) in [6.07, 6.45) is 0.482. The molecule has 1 saturated heterocycles. The molecule has 2 amide bonds. The Morgan fingerprint density at radius 3 is 2.59 bits per heavy atom. The predicted molar refractivity (Wildman–Crippen MR) is 156 cm³/mol. The van der Waals surface area contributed by atoms with Gasteiger partial charge in [0.15, 0.2) is 0 Å². The Morgan fingerprint density at radius 1 is 1.00 bits per heavy atom. The Kier molecular flexibility index (Phi) is 8.77. The fraction of sp³-hybridized carbons (Fsp3) is 0.233. The Morgan fingerprint density at radius 2 is 1.80 bits per heavy atom. The third-order valence-corrected chi connectivity index (χ3v) is 6.62. The van der Waals surface area contributed by atoms with E-state index in [2.05, 4.69) is 25.8 Å². The molecule has 11 nitrogen and oxygen atoms in total. The smallest absolute Gasteiger partial charge is 0.409 e. The van der Waals surface area contributed by atoms with Gasteiger partial charge in [-0.3, -0.25) is 15.0 Å². The highest BCUT2D eigenvalue weighted by molar-refractivity contribution is 6.02. The van der Waals surface area contributed by atoms with Crippen LogP contribution < -0.4 is 25.4 Å². The molecule has 2 heterocycles. The first-order chi connectivity index (χ1) is 20.0. The molecule has 1 fully saturated rings. The van der Waals surface area contributed by atoms with Gasteiger partial charge in [-0.1, -0.05) is 24.3 Å². The number of aromatic nitrogens is 1. The van der Waals surface area contributed by atoms with Crippen LogP contribution in [0.3, 0.4) is 0 Å². The van der Waals surface area contributed by atoms with Crippen molar-refractivity contribution in [1.82, 2.24) is 15.2 Å². The summed E-state index contributed by atoms with van der Waals surface area (Å²) >= 11 is 0. The van der Waals surface area contributed by atoms with Gasteiger partial charge in [-0.25, -0.2) is 9.78 Å². The number of nitrogens with zero attached hydrogens (tertiary/aromatic N) is 2. The summed E-state index contributed by atoms with van der Waals surface area (Å²) < 4.78 is 17.0. The summed E-state index contributed by atoms with van der Waals surface area (Å²) in [5.41, 5.74) is 1.60. The molecule has 1 aromatic heterocycles. The minimum absolute atomic E-state index is 0.202. The van der Waals surface area contributed by atoms with Crippen molar-refractivity contribution >= 4 is 40.0 Å². The molecule has 212 valence electrons. The van der Waals surface area contributed by atoms with Crippen molar-refractivity contribution in [2.24, 2.45) is 0 Å². The zero-order valence-electron chi connectivity index (χ0n) is 22.6. The minimum atomic E-state index is -1.14. The second kappa shape index (κ2) is 13.0. The van der Waals surface area contributed by atoms with Crippen molar-refractivity contribution in [3.8, 4) is 17.2 Å². The van der Waals surface area contributed by atoms with E-state index in [1.54, 1.807) is 48.7 Å². The Balaban J connectivity index is 1.26. The Labute approximate surface area is 237 Å². The van der Waals surface area contributed by atoms with E-state index in [0.29, 0.717) is 46.5 Å². The molecule has 1 aliphatic heterocycles. The van der Waals surface area contributed by atoms with Gasteiger partial charge in [-0.05, 0) is 30.3 Å². The third kappa shape index (κ3) is 7.02. The topological polar surface area (TPSA) is 134 Å². The zero-order valence-corrected chi connectivity index (χ0v) is 22.6. The van der Waals surface area contributed by atoms with Crippen LogP contribution in [0, 0.1) is 0 Å². The van der Waals surface area contributed by atoms with Crippen LogP contribution in [0.1, 0.15) is 10.4 Å². The van der Waals surface area contributed by atoms with E-state index >= 15 is 0 Å². The van der Waals surface area contributed by atoms with Crippen LogP contribution in [0.4, 0.5) is 22.0 Å². The number of nitrogens with one attached hydrogen (secondary N) is 3. The minimum Gasteiger partial charge on any atom is -0.496 e. The number of morpholine rings is 1. The summed E-state index contributed by atoms with van der Waals surface area (Å²) in [5, 5.41) is 19.2. The van der Waals surface area contributed by atoms with Crippen molar-refractivity contribution in [2.45, 2.75) is 0 Å². The van der Waals surface area contributed by atoms with E-state index in [1.165, 1.54) is 7.11 Å². The Bertz CT molecular complexity index is 1540. The SMILES string of the molecule is COc1cc(Nc2cc(Oc3ccc(NC(=O)O)c4ccccc34)ccn2)ccc1C(=O)NCCN1CCOCC1. The van der Waals surface area contributed by atoms with Gasteiger partial charge >= 0.3 is 6.09 Å². The number of benzene rings is 3. The second-order valence-corrected chi connectivity index (χ2v) is 9.32. The highest BCUT2D eigenvalue weighted by Crippen LogP contribution is 2.35. The number of carboxylic acid groups (broad SMARTS) is 1. The van der Waals surface area contributed by atoms with E-state index in [9.17, 15) is 9.59 Å². The molecule has 4 N–H and O–H groups in total. The highest BCUT2D eigenvalue weighted by Gasteiger charge is 2.15. The van der Waals surface area contributed by atoms with E-state index in [0.717, 1.165) is 43.6 Å². The van der Waals surface area contributed by atoms with Gasteiger partial charge in [0, 0.05) is 61.0 Å². The van der Waals surface area contributed by atoms with Crippen LogP contribution in [0.25, 0.3) is 10.8 Å². The highest BCUT2D eigenvalue weighted by atomic mass is 16.5. The lowest BCUT2D eigenvalue weighted by atomic mass is 10.1. The van der Waals surface area contributed by atoms with Crippen LogP contribution in [0.2, 0.25) is 0 Å². The summed E-state index contributed by atoms with van der Waals surface area (Å²) in [5.74, 6) is 1.87. The van der Waals surface area contributed by atoms with E-state index in [1.807, 2.05) is 24.3 Å². The molecule has 11 heteroatoms. The average Bonchev–Trinajstić information content (AvgIpc) is 2.99. The molecule has 0 bridgehead atoms. The first-order valence-corrected chi connectivity index (χ1v) is 13.2. The lowest BCUT2D eigenvalue weighted by Crippen LogP contribution is -2.41. The maximum atomic E-state index is 12.8.